The highest BCUT2D eigenvalue weighted by Gasteiger charge is 2.20. The summed E-state index contributed by atoms with van der Waals surface area (Å²) in [5, 5.41) is 0. The number of rotatable bonds is 3. The number of piperidine rings is 1. The predicted molar refractivity (Wildman–Crippen MR) is 68.1 cm³/mol. The van der Waals surface area contributed by atoms with Crippen LogP contribution in [0.3, 0.4) is 0 Å². The number of nitrogens with zero attached hydrogens (tertiary/aromatic N) is 1. The lowest BCUT2D eigenvalue weighted by Crippen LogP contribution is -2.38. The zero-order valence-corrected chi connectivity index (χ0v) is 10.7. The minimum Gasteiger partial charge on any atom is -0.323 e. The van der Waals surface area contributed by atoms with E-state index in [0.29, 0.717) is 12.1 Å². The molecular weight excluding hydrogens is 234 g/mol. The van der Waals surface area contributed by atoms with Crippen LogP contribution >= 0.6 is 0 Å². The summed E-state index contributed by atoms with van der Waals surface area (Å²) in [6.07, 6.45) is 2.33. The van der Waals surface area contributed by atoms with E-state index in [1.54, 1.807) is 0 Å². The van der Waals surface area contributed by atoms with Gasteiger partial charge in [0.15, 0.2) is 0 Å². The van der Waals surface area contributed by atoms with Gasteiger partial charge in [0.25, 0.3) is 0 Å². The molecule has 0 radical (unpaired) electrons. The van der Waals surface area contributed by atoms with E-state index in [-0.39, 0.29) is 6.04 Å². The van der Waals surface area contributed by atoms with Gasteiger partial charge in [-0.05, 0) is 37.9 Å². The molecule has 2 nitrogen and oxygen atoms in total. The van der Waals surface area contributed by atoms with Gasteiger partial charge < -0.3 is 10.6 Å². The van der Waals surface area contributed by atoms with Crippen LogP contribution in [0.25, 0.3) is 0 Å². The van der Waals surface area contributed by atoms with Gasteiger partial charge in [0.1, 0.15) is 11.6 Å². The molecule has 2 rings (SSSR count). The second-order valence-corrected chi connectivity index (χ2v) is 5.26. The first kappa shape index (κ1) is 13.4. The molecule has 100 valence electrons. The van der Waals surface area contributed by atoms with E-state index in [1.807, 2.05) is 0 Å². The zero-order chi connectivity index (χ0) is 13.1. The monoisotopic (exact) mass is 254 g/mol. The highest BCUT2D eigenvalue weighted by molar-refractivity contribution is 5.22. The third-order valence-electron chi connectivity index (χ3n) is 3.69. The van der Waals surface area contributed by atoms with E-state index < -0.39 is 11.6 Å². The zero-order valence-electron chi connectivity index (χ0n) is 10.7. The molecular formula is C14H20F2N2. The highest BCUT2D eigenvalue weighted by atomic mass is 19.1. The van der Waals surface area contributed by atoms with Crippen LogP contribution < -0.4 is 5.73 Å². The standard InChI is InChI=1S/C14H20F2N2/c1-10-4-6-18(7-5-10)9-14(17)12-3-2-11(15)8-13(12)16/h2-3,8,10,14H,4-7,9,17H2,1H3. The molecule has 1 unspecified atom stereocenters. The van der Waals surface area contributed by atoms with E-state index >= 15 is 0 Å². The quantitative estimate of drug-likeness (QED) is 0.898. The van der Waals surface area contributed by atoms with Gasteiger partial charge in [-0.1, -0.05) is 13.0 Å². The third kappa shape index (κ3) is 3.27. The Hall–Kier alpha value is -1.00. The summed E-state index contributed by atoms with van der Waals surface area (Å²) in [5.74, 6) is -0.344. The van der Waals surface area contributed by atoms with Gasteiger partial charge in [-0.15, -0.1) is 0 Å². The molecule has 1 saturated heterocycles. The summed E-state index contributed by atoms with van der Waals surface area (Å²) >= 11 is 0. The van der Waals surface area contributed by atoms with Gasteiger partial charge in [-0.2, -0.15) is 0 Å². The molecule has 0 spiro atoms. The van der Waals surface area contributed by atoms with Crippen LogP contribution in [0.15, 0.2) is 18.2 Å². The molecule has 1 aromatic rings. The van der Waals surface area contributed by atoms with E-state index in [1.165, 1.54) is 25.0 Å². The molecule has 2 N–H and O–H groups in total. The first-order valence-electron chi connectivity index (χ1n) is 6.49. The number of benzene rings is 1. The lowest BCUT2D eigenvalue weighted by molar-refractivity contribution is 0.182. The summed E-state index contributed by atoms with van der Waals surface area (Å²) < 4.78 is 26.4. The first-order chi connectivity index (χ1) is 8.56. The topological polar surface area (TPSA) is 29.3 Å². The van der Waals surface area contributed by atoms with Crippen LogP contribution in [-0.4, -0.2) is 24.5 Å². The maximum Gasteiger partial charge on any atom is 0.130 e. The SMILES string of the molecule is CC1CCN(CC(N)c2ccc(F)cc2F)CC1. The fourth-order valence-corrected chi connectivity index (χ4v) is 2.42. The smallest absolute Gasteiger partial charge is 0.130 e. The van der Waals surface area contributed by atoms with Crippen LogP contribution in [0.1, 0.15) is 31.4 Å². The number of nitrogens with two attached hydrogens (primary N) is 1. The van der Waals surface area contributed by atoms with E-state index in [0.717, 1.165) is 25.1 Å². The predicted octanol–water partition coefficient (Wildman–Crippen LogP) is 2.70. The molecule has 4 heteroatoms. The number of likely N-dealkylation sites (tertiary alicyclic amines) is 1. The van der Waals surface area contributed by atoms with E-state index in [4.69, 9.17) is 5.73 Å². The normalized spacial score (nSPS) is 20.0. The third-order valence-corrected chi connectivity index (χ3v) is 3.69. The summed E-state index contributed by atoms with van der Waals surface area (Å²) in [5.41, 5.74) is 6.41. The fourth-order valence-electron chi connectivity index (χ4n) is 2.42. The number of halogens is 2. The van der Waals surface area contributed by atoms with Crippen molar-refractivity contribution < 1.29 is 8.78 Å². The molecule has 0 amide bonds. The van der Waals surface area contributed by atoms with Gasteiger partial charge >= 0.3 is 0 Å². The van der Waals surface area contributed by atoms with Crippen molar-refractivity contribution in [1.29, 1.82) is 0 Å². The molecule has 0 aliphatic carbocycles. The minimum atomic E-state index is -0.560. The van der Waals surface area contributed by atoms with Crippen molar-refractivity contribution in [1.82, 2.24) is 4.90 Å². The average Bonchev–Trinajstić information content (AvgIpc) is 2.32. The fraction of sp³-hybridized carbons (Fsp3) is 0.571. The second-order valence-electron chi connectivity index (χ2n) is 5.26. The largest absolute Gasteiger partial charge is 0.323 e. The van der Waals surface area contributed by atoms with Crippen molar-refractivity contribution >= 4 is 0 Å². The second kappa shape index (κ2) is 5.76. The Balaban J connectivity index is 1.97. The van der Waals surface area contributed by atoms with Gasteiger partial charge in [-0.3, -0.25) is 0 Å². The van der Waals surface area contributed by atoms with Crippen molar-refractivity contribution in [2.24, 2.45) is 11.7 Å². The Morgan fingerprint density at radius 1 is 1.33 bits per heavy atom. The van der Waals surface area contributed by atoms with Crippen molar-refractivity contribution in [3.8, 4) is 0 Å². The average molecular weight is 254 g/mol. The highest BCUT2D eigenvalue weighted by Crippen LogP contribution is 2.21. The molecule has 1 aliphatic heterocycles. The lowest BCUT2D eigenvalue weighted by atomic mass is 9.98. The maximum atomic E-state index is 13.6. The lowest BCUT2D eigenvalue weighted by Gasteiger charge is -2.32. The molecule has 0 saturated carbocycles. The Kier molecular flexibility index (Phi) is 4.30. The Bertz CT molecular complexity index is 401. The molecule has 18 heavy (non-hydrogen) atoms. The molecule has 0 aromatic heterocycles. The van der Waals surface area contributed by atoms with Crippen molar-refractivity contribution in [3.63, 3.8) is 0 Å². The Morgan fingerprint density at radius 2 is 2.00 bits per heavy atom. The van der Waals surface area contributed by atoms with Crippen molar-refractivity contribution in [2.45, 2.75) is 25.8 Å². The van der Waals surface area contributed by atoms with Crippen LogP contribution in [0, 0.1) is 17.6 Å². The van der Waals surface area contributed by atoms with Crippen LogP contribution in [-0.2, 0) is 0 Å². The number of hydrogen-bond donors (Lipinski definition) is 1. The summed E-state index contributed by atoms with van der Waals surface area (Å²) in [6, 6.07) is 3.21. The van der Waals surface area contributed by atoms with Gasteiger partial charge in [-0.25, -0.2) is 8.78 Å². The van der Waals surface area contributed by atoms with Gasteiger partial charge in [0, 0.05) is 24.2 Å². The summed E-state index contributed by atoms with van der Waals surface area (Å²) in [7, 11) is 0. The van der Waals surface area contributed by atoms with Gasteiger partial charge in [0.05, 0.1) is 0 Å². The first-order valence-corrected chi connectivity index (χ1v) is 6.49. The molecule has 1 heterocycles. The maximum absolute atomic E-state index is 13.6. The number of hydrogen-bond acceptors (Lipinski definition) is 2. The van der Waals surface area contributed by atoms with Crippen LogP contribution in [0.2, 0.25) is 0 Å². The molecule has 1 aliphatic rings. The summed E-state index contributed by atoms with van der Waals surface area (Å²) in [4.78, 5) is 2.26. The van der Waals surface area contributed by atoms with Crippen LogP contribution in [0.4, 0.5) is 8.78 Å². The van der Waals surface area contributed by atoms with E-state index in [2.05, 4.69) is 11.8 Å². The van der Waals surface area contributed by atoms with E-state index in [9.17, 15) is 8.78 Å². The van der Waals surface area contributed by atoms with Crippen molar-refractivity contribution in [3.05, 3.63) is 35.4 Å². The molecule has 1 fully saturated rings. The van der Waals surface area contributed by atoms with Crippen molar-refractivity contribution in [2.75, 3.05) is 19.6 Å². The van der Waals surface area contributed by atoms with Crippen LogP contribution in [0.5, 0.6) is 0 Å². The minimum absolute atomic E-state index is 0.390. The Labute approximate surface area is 107 Å². The van der Waals surface area contributed by atoms with Gasteiger partial charge in [0.2, 0.25) is 0 Å². The molecule has 1 aromatic carbocycles. The molecule has 0 bridgehead atoms. The summed E-state index contributed by atoms with van der Waals surface area (Å²) in [6.45, 7) is 4.90. The Morgan fingerprint density at radius 3 is 2.61 bits per heavy atom. The molecule has 1 atom stereocenters.